The number of hydrogen-bond acceptors (Lipinski definition) is 8. The maximum Gasteiger partial charge on any atom is 0.410 e. The highest BCUT2D eigenvalue weighted by Crippen LogP contribution is 2.38. The number of ether oxygens (including phenoxy) is 2. The average Bonchev–Trinajstić information content (AvgIpc) is 3.42. The zero-order chi connectivity index (χ0) is 31.7. The van der Waals surface area contributed by atoms with E-state index in [0.717, 1.165) is 58.8 Å². The van der Waals surface area contributed by atoms with E-state index in [4.69, 9.17) is 26.1 Å². The van der Waals surface area contributed by atoms with Crippen LogP contribution in [0.5, 0.6) is 5.88 Å². The fourth-order valence-electron chi connectivity index (χ4n) is 6.88. The molecular formula is C35H43ClN6O3. The molecule has 2 aromatic carbocycles. The predicted octanol–water partition coefficient (Wildman–Crippen LogP) is 6.26. The second-order valence-corrected chi connectivity index (χ2v) is 13.8. The van der Waals surface area contributed by atoms with Gasteiger partial charge in [0, 0.05) is 60.6 Å². The molecule has 45 heavy (non-hydrogen) atoms. The Kier molecular flexibility index (Phi) is 8.98. The predicted molar refractivity (Wildman–Crippen MR) is 178 cm³/mol. The fraction of sp³-hybridized carbons (Fsp3) is 0.514. The van der Waals surface area contributed by atoms with Crippen LogP contribution in [0.4, 0.5) is 16.2 Å². The van der Waals surface area contributed by atoms with Gasteiger partial charge in [0.1, 0.15) is 12.2 Å². The quantitative estimate of drug-likeness (QED) is 0.315. The number of benzene rings is 2. The van der Waals surface area contributed by atoms with E-state index in [2.05, 4.69) is 58.1 Å². The van der Waals surface area contributed by atoms with Gasteiger partial charge in [0.25, 0.3) is 0 Å². The van der Waals surface area contributed by atoms with Gasteiger partial charge in [0.05, 0.1) is 35.8 Å². The van der Waals surface area contributed by atoms with E-state index in [1.165, 1.54) is 12.0 Å². The minimum absolute atomic E-state index is 0.232. The third-order valence-electron chi connectivity index (χ3n) is 9.18. The lowest BCUT2D eigenvalue weighted by atomic mass is 9.99. The van der Waals surface area contributed by atoms with Gasteiger partial charge in [-0.25, -0.2) is 9.78 Å². The summed E-state index contributed by atoms with van der Waals surface area (Å²) < 4.78 is 12.1. The fourth-order valence-corrected chi connectivity index (χ4v) is 7.16. The van der Waals surface area contributed by atoms with Crippen molar-refractivity contribution in [2.45, 2.75) is 70.7 Å². The summed E-state index contributed by atoms with van der Waals surface area (Å²) in [6.45, 7) is 10.4. The van der Waals surface area contributed by atoms with E-state index < -0.39 is 5.60 Å². The number of nitriles is 1. The Morgan fingerprint density at radius 1 is 1.07 bits per heavy atom. The molecule has 1 amide bonds. The van der Waals surface area contributed by atoms with Crippen LogP contribution in [0.2, 0.25) is 5.02 Å². The summed E-state index contributed by atoms with van der Waals surface area (Å²) in [6.07, 6.45) is 2.97. The van der Waals surface area contributed by atoms with Gasteiger partial charge in [-0.3, -0.25) is 0 Å². The number of fused-ring (bicyclic) bond motifs is 2. The number of hydrogen-bond donors (Lipinski definition) is 0. The van der Waals surface area contributed by atoms with Crippen LogP contribution in [0.3, 0.4) is 0 Å². The SMILES string of the molecule is CN1CCC[C@H]1COc1cc(N2CCN(C(=O)OC(C)(C)C)C(CC#N)C2)c2c(n1)CN(c1cccc3cccc(Cl)c13)CC2. The van der Waals surface area contributed by atoms with Crippen LogP contribution < -0.4 is 14.5 Å². The highest BCUT2D eigenvalue weighted by atomic mass is 35.5. The minimum Gasteiger partial charge on any atom is -0.476 e. The molecule has 0 N–H and O–H groups in total. The third kappa shape index (κ3) is 6.78. The second kappa shape index (κ2) is 12.9. The van der Waals surface area contributed by atoms with Crippen LogP contribution >= 0.6 is 11.6 Å². The number of likely N-dealkylation sites (tertiary alicyclic amines) is 1. The first-order valence-corrected chi connectivity index (χ1v) is 16.4. The van der Waals surface area contributed by atoms with Gasteiger partial charge >= 0.3 is 6.09 Å². The molecule has 2 fully saturated rings. The van der Waals surface area contributed by atoms with E-state index in [-0.39, 0.29) is 18.6 Å². The maximum absolute atomic E-state index is 13.1. The summed E-state index contributed by atoms with van der Waals surface area (Å²) in [5.41, 5.74) is 3.77. The zero-order valence-corrected chi connectivity index (χ0v) is 27.5. The van der Waals surface area contributed by atoms with Crippen LogP contribution in [0.25, 0.3) is 10.8 Å². The molecular weight excluding hydrogens is 588 g/mol. The number of likely N-dealkylation sites (N-methyl/N-ethyl adjacent to an activating group) is 1. The number of aromatic nitrogens is 1. The van der Waals surface area contributed by atoms with E-state index in [9.17, 15) is 10.1 Å². The van der Waals surface area contributed by atoms with Crippen LogP contribution in [0.1, 0.15) is 51.3 Å². The molecule has 6 rings (SSSR count). The molecule has 3 aliphatic rings. The molecule has 1 aromatic heterocycles. The van der Waals surface area contributed by atoms with Crippen molar-refractivity contribution in [3.05, 3.63) is 58.7 Å². The summed E-state index contributed by atoms with van der Waals surface area (Å²) in [7, 11) is 2.15. The van der Waals surface area contributed by atoms with Crippen LogP contribution in [0, 0.1) is 11.3 Å². The first kappa shape index (κ1) is 31.3. The normalized spacial score (nSPS) is 20.7. The zero-order valence-electron chi connectivity index (χ0n) is 26.8. The molecule has 3 aliphatic heterocycles. The van der Waals surface area contributed by atoms with Crippen LogP contribution in [0.15, 0.2) is 42.5 Å². The van der Waals surface area contributed by atoms with Crippen molar-refractivity contribution in [1.29, 1.82) is 5.26 Å². The molecule has 9 nitrogen and oxygen atoms in total. The molecule has 4 heterocycles. The summed E-state index contributed by atoms with van der Waals surface area (Å²) in [5, 5.41) is 12.6. The molecule has 0 spiro atoms. The van der Waals surface area contributed by atoms with Gasteiger partial charge in [-0.15, -0.1) is 0 Å². The molecule has 2 saturated heterocycles. The van der Waals surface area contributed by atoms with E-state index >= 15 is 0 Å². The highest BCUT2D eigenvalue weighted by Gasteiger charge is 2.35. The summed E-state index contributed by atoms with van der Waals surface area (Å²) >= 11 is 6.72. The molecule has 238 valence electrons. The number of piperazine rings is 1. The van der Waals surface area contributed by atoms with E-state index in [1.54, 1.807) is 4.90 Å². The van der Waals surface area contributed by atoms with Gasteiger partial charge < -0.3 is 29.1 Å². The van der Waals surface area contributed by atoms with Crippen molar-refractivity contribution in [1.82, 2.24) is 14.8 Å². The number of carbonyl (C=O) groups excluding carboxylic acids is 1. The first-order valence-electron chi connectivity index (χ1n) is 16.0. The Morgan fingerprint density at radius 3 is 2.60 bits per heavy atom. The second-order valence-electron chi connectivity index (χ2n) is 13.4. The molecule has 0 saturated carbocycles. The number of pyridine rings is 1. The maximum atomic E-state index is 13.1. The molecule has 0 radical (unpaired) electrons. The molecule has 3 aromatic rings. The van der Waals surface area contributed by atoms with Crippen LogP contribution in [-0.2, 0) is 17.7 Å². The van der Waals surface area contributed by atoms with Gasteiger partial charge in [0.15, 0.2) is 0 Å². The van der Waals surface area contributed by atoms with Crippen molar-refractivity contribution in [2.24, 2.45) is 0 Å². The summed E-state index contributed by atoms with van der Waals surface area (Å²) in [5.74, 6) is 0.619. The minimum atomic E-state index is -0.602. The molecule has 0 bridgehead atoms. The first-order chi connectivity index (χ1) is 21.6. The van der Waals surface area contributed by atoms with Gasteiger partial charge in [-0.2, -0.15) is 5.26 Å². The standard InChI is InChI=1S/C35H43ClN6O3/c1-35(2,3)45-34(43)42-19-18-41(21-25(42)13-15-37)31-20-32(44-23-26-10-7-16-39(26)4)38-29-22-40(17-14-27(29)31)30-12-6-9-24-8-5-11-28(36)33(24)30/h5-6,8-9,11-12,20,25-26H,7,10,13-14,16-19,21-23H2,1-4H3/t25?,26-/m0/s1. The third-order valence-corrected chi connectivity index (χ3v) is 9.50. The Balaban J connectivity index is 1.32. The van der Waals surface area contributed by atoms with E-state index in [0.29, 0.717) is 44.7 Å². The Bertz CT molecular complexity index is 1600. The number of halogens is 1. The smallest absolute Gasteiger partial charge is 0.410 e. The lowest BCUT2D eigenvalue weighted by molar-refractivity contribution is 0.0145. The number of anilines is 2. The number of carbonyl (C=O) groups is 1. The monoisotopic (exact) mass is 630 g/mol. The average molecular weight is 631 g/mol. The van der Waals surface area contributed by atoms with Gasteiger partial charge in [-0.05, 0) is 71.1 Å². The Labute approximate surface area is 271 Å². The molecule has 1 unspecified atom stereocenters. The summed E-state index contributed by atoms with van der Waals surface area (Å²) in [4.78, 5) is 26.9. The molecule has 0 aliphatic carbocycles. The largest absolute Gasteiger partial charge is 0.476 e. The van der Waals surface area contributed by atoms with Gasteiger partial charge in [0.2, 0.25) is 5.88 Å². The van der Waals surface area contributed by atoms with Crippen molar-refractivity contribution in [3.8, 4) is 11.9 Å². The van der Waals surface area contributed by atoms with Crippen molar-refractivity contribution >= 4 is 39.8 Å². The number of nitrogens with zero attached hydrogens (tertiary/aromatic N) is 6. The molecule has 10 heteroatoms. The Morgan fingerprint density at radius 2 is 1.87 bits per heavy atom. The Hall–Kier alpha value is -3.74. The summed E-state index contributed by atoms with van der Waals surface area (Å²) in [6, 6.07) is 16.8. The van der Waals surface area contributed by atoms with E-state index in [1.807, 2.05) is 32.9 Å². The highest BCUT2D eigenvalue weighted by molar-refractivity contribution is 6.36. The van der Waals surface area contributed by atoms with Gasteiger partial charge in [-0.1, -0.05) is 35.9 Å². The number of amides is 1. The number of rotatable bonds is 6. The van der Waals surface area contributed by atoms with Crippen molar-refractivity contribution < 1.29 is 14.3 Å². The topological polar surface area (TPSA) is 85.2 Å². The lowest BCUT2D eigenvalue weighted by Gasteiger charge is -2.43. The molecule has 2 atom stereocenters. The lowest BCUT2D eigenvalue weighted by Crippen LogP contribution is -2.56. The van der Waals surface area contributed by atoms with Crippen molar-refractivity contribution in [2.75, 3.05) is 56.2 Å². The van der Waals surface area contributed by atoms with Crippen molar-refractivity contribution in [3.63, 3.8) is 0 Å². The van der Waals surface area contributed by atoms with Crippen LogP contribution in [-0.4, -0.2) is 84.9 Å².